The van der Waals surface area contributed by atoms with E-state index >= 15 is 0 Å². The number of hydrogen-bond acceptors (Lipinski definition) is 4. The fraction of sp³-hybridized carbons (Fsp3) is 0.167. The van der Waals surface area contributed by atoms with Crippen molar-refractivity contribution >= 4 is 17.5 Å². The molecule has 1 heterocycles. The molecule has 0 aliphatic heterocycles. The lowest BCUT2D eigenvalue weighted by Crippen LogP contribution is -2.14. The zero-order valence-corrected chi connectivity index (χ0v) is 20.3. The van der Waals surface area contributed by atoms with Crippen molar-refractivity contribution in [3.8, 4) is 16.9 Å². The van der Waals surface area contributed by atoms with Crippen molar-refractivity contribution in [2.45, 2.75) is 27.7 Å². The van der Waals surface area contributed by atoms with Crippen LogP contribution in [0.3, 0.4) is 0 Å². The van der Waals surface area contributed by atoms with Crippen LogP contribution < -0.4 is 0 Å². The second-order valence-corrected chi connectivity index (χ2v) is 8.63. The number of aromatic nitrogens is 1. The molecule has 3 aromatic carbocycles. The van der Waals surface area contributed by atoms with Gasteiger partial charge in [0.1, 0.15) is 0 Å². The lowest BCUT2D eigenvalue weighted by Gasteiger charge is -2.13. The Bertz CT molecular complexity index is 1410. The van der Waals surface area contributed by atoms with Crippen molar-refractivity contribution in [2.75, 3.05) is 6.61 Å². The van der Waals surface area contributed by atoms with E-state index in [1.807, 2.05) is 79.9 Å². The van der Waals surface area contributed by atoms with E-state index in [9.17, 15) is 14.4 Å². The molecular weight excluding hydrogens is 438 g/mol. The lowest BCUT2D eigenvalue weighted by molar-refractivity contribution is 0.0474. The van der Waals surface area contributed by atoms with Crippen LogP contribution in [0, 0.1) is 20.8 Å². The van der Waals surface area contributed by atoms with Crippen molar-refractivity contribution in [1.82, 2.24) is 4.57 Å². The lowest BCUT2D eigenvalue weighted by atomic mass is 10.0. The van der Waals surface area contributed by atoms with E-state index in [1.54, 1.807) is 31.2 Å². The third kappa shape index (κ3) is 4.99. The van der Waals surface area contributed by atoms with Crippen LogP contribution in [0.5, 0.6) is 0 Å². The second-order valence-electron chi connectivity index (χ2n) is 8.63. The Morgan fingerprint density at radius 1 is 0.771 bits per heavy atom. The molecule has 0 bridgehead atoms. The molecule has 0 N–H and O–H groups in total. The van der Waals surface area contributed by atoms with Crippen LogP contribution in [0.25, 0.3) is 16.9 Å². The fourth-order valence-electron chi connectivity index (χ4n) is 4.08. The molecular formula is C30H27NO4. The van der Waals surface area contributed by atoms with E-state index in [1.165, 1.54) is 0 Å². The van der Waals surface area contributed by atoms with Crippen LogP contribution in [0.2, 0.25) is 0 Å². The minimum absolute atomic E-state index is 0.00735. The SMILES string of the molecule is CC(=O)c1cc(-c2ccccc2)n(-c2ccc(C(=O)OCC(=O)c3ccc(C)c(C)c3)cc2)c1C. The van der Waals surface area contributed by atoms with Crippen molar-refractivity contribution in [1.29, 1.82) is 0 Å². The maximum Gasteiger partial charge on any atom is 0.338 e. The average Bonchev–Trinajstić information content (AvgIpc) is 3.22. The summed E-state index contributed by atoms with van der Waals surface area (Å²) in [5, 5.41) is 0. The molecule has 4 rings (SSSR count). The van der Waals surface area contributed by atoms with Crippen molar-refractivity contribution < 1.29 is 19.1 Å². The monoisotopic (exact) mass is 465 g/mol. The van der Waals surface area contributed by atoms with Crippen LogP contribution in [0.4, 0.5) is 0 Å². The van der Waals surface area contributed by atoms with Gasteiger partial charge in [0.05, 0.1) is 11.3 Å². The first-order valence-corrected chi connectivity index (χ1v) is 11.4. The van der Waals surface area contributed by atoms with Gasteiger partial charge in [-0.15, -0.1) is 0 Å². The third-order valence-electron chi connectivity index (χ3n) is 6.22. The number of benzene rings is 3. The number of Topliss-reactive ketones (excluding diaryl/α,β-unsaturated/α-hetero) is 2. The molecule has 0 spiro atoms. The minimum Gasteiger partial charge on any atom is -0.454 e. The molecule has 0 unspecified atom stereocenters. The number of ether oxygens (including phenoxy) is 1. The highest BCUT2D eigenvalue weighted by molar-refractivity contribution is 5.99. The Kier molecular flexibility index (Phi) is 6.78. The Labute approximate surface area is 205 Å². The van der Waals surface area contributed by atoms with Gasteiger partial charge in [0.2, 0.25) is 0 Å². The highest BCUT2D eigenvalue weighted by Crippen LogP contribution is 2.30. The Morgan fingerprint density at radius 2 is 1.43 bits per heavy atom. The van der Waals surface area contributed by atoms with Gasteiger partial charge < -0.3 is 9.30 Å². The molecule has 1 aromatic heterocycles. The molecule has 0 radical (unpaired) electrons. The summed E-state index contributed by atoms with van der Waals surface area (Å²) in [5.74, 6) is -0.817. The topological polar surface area (TPSA) is 65.4 Å². The number of nitrogens with zero attached hydrogens (tertiary/aromatic N) is 1. The van der Waals surface area contributed by atoms with Gasteiger partial charge in [-0.2, -0.15) is 0 Å². The maximum absolute atomic E-state index is 12.6. The molecule has 0 atom stereocenters. The number of carbonyl (C=O) groups is 3. The zero-order valence-electron chi connectivity index (χ0n) is 20.3. The first-order chi connectivity index (χ1) is 16.8. The van der Waals surface area contributed by atoms with Crippen LogP contribution in [-0.2, 0) is 4.74 Å². The summed E-state index contributed by atoms with van der Waals surface area (Å²) in [5.41, 5.74) is 7.15. The smallest absolute Gasteiger partial charge is 0.338 e. The molecule has 35 heavy (non-hydrogen) atoms. The van der Waals surface area contributed by atoms with E-state index in [0.717, 1.165) is 33.8 Å². The summed E-state index contributed by atoms with van der Waals surface area (Å²) in [4.78, 5) is 37.2. The first kappa shape index (κ1) is 23.9. The molecule has 0 saturated heterocycles. The summed E-state index contributed by atoms with van der Waals surface area (Å²) >= 11 is 0. The van der Waals surface area contributed by atoms with Gasteiger partial charge in [-0.3, -0.25) is 9.59 Å². The van der Waals surface area contributed by atoms with Gasteiger partial charge >= 0.3 is 5.97 Å². The molecule has 0 aliphatic rings. The summed E-state index contributed by atoms with van der Waals surface area (Å²) in [6.45, 7) is 7.06. The number of rotatable bonds is 7. The fourth-order valence-corrected chi connectivity index (χ4v) is 4.08. The van der Waals surface area contributed by atoms with Crippen LogP contribution in [0.15, 0.2) is 78.9 Å². The second kappa shape index (κ2) is 9.94. The highest BCUT2D eigenvalue weighted by Gasteiger charge is 2.18. The van der Waals surface area contributed by atoms with Crippen molar-refractivity contribution in [2.24, 2.45) is 0 Å². The quantitative estimate of drug-likeness (QED) is 0.237. The summed E-state index contributed by atoms with van der Waals surface area (Å²) in [7, 11) is 0. The maximum atomic E-state index is 12.6. The van der Waals surface area contributed by atoms with Gasteiger partial charge in [0.25, 0.3) is 0 Å². The van der Waals surface area contributed by atoms with Crippen molar-refractivity contribution in [3.05, 3.63) is 112 Å². The van der Waals surface area contributed by atoms with E-state index in [4.69, 9.17) is 4.74 Å². The van der Waals surface area contributed by atoms with Crippen LogP contribution >= 0.6 is 0 Å². The number of aryl methyl sites for hydroxylation is 2. The van der Waals surface area contributed by atoms with Gasteiger partial charge in [0.15, 0.2) is 18.2 Å². The largest absolute Gasteiger partial charge is 0.454 e. The Hall–Kier alpha value is -4.25. The van der Waals surface area contributed by atoms with Gasteiger partial charge in [-0.05, 0) is 80.8 Å². The molecule has 0 saturated carbocycles. The predicted octanol–water partition coefficient (Wildman–Crippen LogP) is 6.31. The molecule has 0 fully saturated rings. The van der Waals surface area contributed by atoms with E-state index < -0.39 is 5.97 Å². The number of carbonyl (C=O) groups excluding carboxylic acids is 3. The first-order valence-electron chi connectivity index (χ1n) is 11.4. The van der Waals surface area contributed by atoms with Gasteiger partial charge in [0, 0.05) is 22.5 Å². The molecule has 0 aliphatic carbocycles. The summed E-state index contributed by atoms with van der Waals surface area (Å²) in [6, 6.07) is 24.1. The van der Waals surface area contributed by atoms with Gasteiger partial charge in [-0.25, -0.2) is 4.79 Å². The molecule has 5 heteroatoms. The number of ketones is 2. The van der Waals surface area contributed by atoms with Crippen LogP contribution in [0.1, 0.15) is 54.8 Å². The Balaban J connectivity index is 1.55. The van der Waals surface area contributed by atoms with E-state index in [0.29, 0.717) is 16.7 Å². The van der Waals surface area contributed by atoms with Crippen LogP contribution in [-0.4, -0.2) is 28.7 Å². The normalized spacial score (nSPS) is 10.7. The number of esters is 1. The number of hydrogen-bond donors (Lipinski definition) is 0. The summed E-state index contributed by atoms with van der Waals surface area (Å²) < 4.78 is 7.28. The molecule has 5 nitrogen and oxygen atoms in total. The van der Waals surface area contributed by atoms with Gasteiger partial charge in [-0.1, -0.05) is 42.5 Å². The average molecular weight is 466 g/mol. The zero-order chi connectivity index (χ0) is 25.1. The molecule has 0 amide bonds. The highest BCUT2D eigenvalue weighted by atomic mass is 16.5. The third-order valence-corrected chi connectivity index (χ3v) is 6.22. The standard InChI is InChI=1S/C30H27NO4/c1-19-10-11-25(16-20(19)2)29(33)18-35-30(34)24-12-14-26(15-13-24)31-21(3)27(22(4)32)17-28(31)23-8-6-5-7-9-23/h5-17H,18H2,1-4H3. The minimum atomic E-state index is -0.564. The molecule has 176 valence electrons. The van der Waals surface area contributed by atoms with E-state index in [-0.39, 0.29) is 18.2 Å². The molecule has 4 aromatic rings. The predicted molar refractivity (Wildman–Crippen MR) is 136 cm³/mol. The Morgan fingerprint density at radius 3 is 2.06 bits per heavy atom. The van der Waals surface area contributed by atoms with E-state index in [2.05, 4.69) is 0 Å². The summed E-state index contributed by atoms with van der Waals surface area (Å²) in [6.07, 6.45) is 0. The van der Waals surface area contributed by atoms with Crippen molar-refractivity contribution in [3.63, 3.8) is 0 Å².